The SMILES string of the molecule is CCCNc1nc(Oc2ccc(C)cc2)nc(N(C)C)n1. The fourth-order valence-electron chi connectivity index (χ4n) is 1.62. The fourth-order valence-corrected chi connectivity index (χ4v) is 1.62. The van der Waals surface area contributed by atoms with Crippen LogP contribution in [0.3, 0.4) is 0 Å². The molecule has 1 aromatic heterocycles. The molecule has 1 aromatic carbocycles. The molecule has 6 heteroatoms. The monoisotopic (exact) mass is 287 g/mol. The first-order valence-electron chi connectivity index (χ1n) is 7.00. The highest BCUT2D eigenvalue weighted by Crippen LogP contribution is 2.20. The predicted octanol–water partition coefficient (Wildman–Crippen LogP) is 2.86. The van der Waals surface area contributed by atoms with E-state index in [0.717, 1.165) is 13.0 Å². The maximum absolute atomic E-state index is 5.72. The average Bonchev–Trinajstić information content (AvgIpc) is 2.47. The highest BCUT2D eigenvalue weighted by Gasteiger charge is 2.09. The summed E-state index contributed by atoms with van der Waals surface area (Å²) >= 11 is 0. The Bertz CT molecular complexity index is 583. The quantitative estimate of drug-likeness (QED) is 0.881. The first kappa shape index (κ1) is 15.0. The summed E-state index contributed by atoms with van der Waals surface area (Å²) in [5, 5.41) is 3.16. The molecule has 6 nitrogen and oxygen atoms in total. The molecular formula is C15H21N5O. The smallest absolute Gasteiger partial charge is 0.328 e. The minimum Gasteiger partial charge on any atom is -0.424 e. The molecule has 0 radical (unpaired) electrons. The number of hydrogen-bond acceptors (Lipinski definition) is 6. The second-order valence-electron chi connectivity index (χ2n) is 4.98. The highest BCUT2D eigenvalue weighted by molar-refractivity contribution is 5.38. The van der Waals surface area contributed by atoms with E-state index in [1.807, 2.05) is 50.2 Å². The molecule has 0 aliphatic carbocycles. The lowest BCUT2D eigenvalue weighted by Gasteiger charge is -2.13. The number of benzene rings is 1. The Hall–Kier alpha value is -2.37. The van der Waals surface area contributed by atoms with Gasteiger partial charge in [-0.1, -0.05) is 24.6 Å². The summed E-state index contributed by atoms with van der Waals surface area (Å²) in [4.78, 5) is 14.7. The van der Waals surface area contributed by atoms with Crippen molar-refractivity contribution in [3.63, 3.8) is 0 Å². The van der Waals surface area contributed by atoms with Crippen molar-refractivity contribution in [1.29, 1.82) is 0 Å². The van der Waals surface area contributed by atoms with Crippen molar-refractivity contribution >= 4 is 11.9 Å². The first-order valence-corrected chi connectivity index (χ1v) is 7.00. The van der Waals surface area contributed by atoms with Crippen LogP contribution < -0.4 is 15.0 Å². The van der Waals surface area contributed by atoms with E-state index in [0.29, 0.717) is 17.6 Å². The number of hydrogen-bond donors (Lipinski definition) is 1. The zero-order valence-electron chi connectivity index (χ0n) is 12.9. The van der Waals surface area contributed by atoms with E-state index >= 15 is 0 Å². The van der Waals surface area contributed by atoms with E-state index < -0.39 is 0 Å². The van der Waals surface area contributed by atoms with Gasteiger partial charge in [0.15, 0.2) is 0 Å². The van der Waals surface area contributed by atoms with Crippen LogP contribution in [-0.2, 0) is 0 Å². The van der Waals surface area contributed by atoms with E-state index in [4.69, 9.17) is 4.74 Å². The molecule has 0 atom stereocenters. The van der Waals surface area contributed by atoms with Gasteiger partial charge >= 0.3 is 6.01 Å². The van der Waals surface area contributed by atoms with Crippen molar-refractivity contribution in [1.82, 2.24) is 15.0 Å². The molecule has 0 aliphatic rings. The number of rotatable bonds is 6. The zero-order valence-corrected chi connectivity index (χ0v) is 12.9. The van der Waals surface area contributed by atoms with Gasteiger partial charge in [0.05, 0.1) is 0 Å². The van der Waals surface area contributed by atoms with Crippen LogP contribution in [0.25, 0.3) is 0 Å². The van der Waals surface area contributed by atoms with Gasteiger partial charge in [0.25, 0.3) is 0 Å². The van der Waals surface area contributed by atoms with Crippen LogP contribution >= 0.6 is 0 Å². The molecule has 0 spiro atoms. The molecule has 1 heterocycles. The van der Waals surface area contributed by atoms with Crippen molar-refractivity contribution in [2.75, 3.05) is 30.9 Å². The number of nitrogens with one attached hydrogen (secondary N) is 1. The summed E-state index contributed by atoms with van der Waals surface area (Å²) in [5.41, 5.74) is 1.18. The van der Waals surface area contributed by atoms with Crippen LogP contribution in [0.15, 0.2) is 24.3 Å². The molecule has 0 fully saturated rings. The molecule has 1 N–H and O–H groups in total. The average molecular weight is 287 g/mol. The van der Waals surface area contributed by atoms with Gasteiger partial charge in [-0.15, -0.1) is 0 Å². The Morgan fingerprint density at radius 1 is 1.10 bits per heavy atom. The maximum atomic E-state index is 5.72. The molecule has 0 saturated heterocycles. The number of nitrogens with zero attached hydrogens (tertiary/aromatic N) is 4. The highest BCUT2D eigenvalue weighted by atomic mass is 16.5. The zero-order chi connectivity index (χ0) is 15.2. The normalized spacial score (nSPS) is 10.3. The molecule has 2 rings (SSSR count). The lowest BCUT2D eigenvalue weighted by atomic mass is 10.2. The number of ether oxygens (including phenoxy) is 1. The topological polar surface area (TPSA) is 63.2 Å². The maximum Gasteiger partial charge on any atom is 0.328 e. The van der Waals surface area contributed by atoms with Gasteiger partial charge in [0.2, 0.25) is 11.9 Å². The largest absolute Gasteiger partial charge is 0.424 e. The van der Waals surface area contributed by atoms with Crippen LogP contribution in [0.1, 0.15) is 18.9 Å². The summed E-state index contributed by atoms with van der Waals surface area (Å²) < 4.78 is 5.72. The van der Waals surface area contributed by atoms with Gasteiger partial charge < -0.3 is 15.0 Å². The van der Waals surface area contributed by atoms with Gasteiger partial charge in [0.1, 0.15) is 5.75 Å². The summed E-state index contributed by atoms with van der Waals surface area (Å²) in [7, 11) is 3.77. The van der Waals surface area contributed by atoms with Crippen molar-refractivity contribution in [2.45, 2.75) is 20.3 Å². The third kappa shape index (κ3) is 4.30. The number of aryl methyl sites for hydroxylation is 1. The predicted molar refractivity (Wildman–Crippen MR) is 84.2 cm³/mol. The third-order valence-electron chi connectivity index (χ3n) is 2.77. The molecule has 0 aliphatic heterocycles. The van der Waals surface area contributed by atoms with E-state index in [1.165, 1.54) is 5.56 Å². The summed E-state index contributed by atoms with van der Waals surface area (Å²) in [6.07, 6.45) is 0.997. The van der Waals surface area contributed by atoms with Gasteiger partial charge in [-0.05, 0) is 25.5 Å². The lowest BCUT2D eigenvalue weighted by Crippen LogP contribution is -2.16. The molecule has 0 saturated carbocycles. The van der Waals surface area contributed by atoms with E-state index in [-0.39, 0.29) is 6.01 Å². The standard InChI is InChI=1S/C15H21N5O/c1-5-10-16-13-17-14(20(3)4)19-15(18-13)21-12-8-6-11(2)7-9-12/h6-9H,5,10H2,1-4H3,(H,16,17,18,19). The van der Waals surface area contributed by atoms with Crippen molar-refractivity contribution < 1.29 is 4.74 Å². The molecule has 21 heavy (non-hydrogen) atoms. The van der Waals surface area contributed by atoms with Crippen molar-refractivity contribution in [2.24, 2.45) is 0 Å². The molecule has 112 valence electrons. The first-order chi connectivity index (χ1) is 10.1. The molecule has 0 unspecified atom stereocenters. The van der Waals surface area contributed by atoms with Crippen LogP contribution in [0, 0.1) is 6.92 Å². The molecule has 0 bridgehead atoms. The van der Waals surface area contributed by atoms with Crippen LogP contribution in [0.4, 0.5) is 11.9 Å². The second-order valence-corrected chi connectivity index (χ2v) is 4.98. The number of anilines is 2. The minimum atomic E-state index is 0.288. The van der Waals surface area contributed by atoms with Gasteiger partial charge in [-0.3, -0.25) is 0 Å². The fraction of sp³-hybridized carbons (Fsp3) is 0.400. The Morgan fingerprint density at radius 2 is 1.81 bits per heavy atom. The summed E-state index contributed by atoms with van der Waals surface area (Å²) in [6, 6.07) is 8.05. The van der Waals surface area contributed by atoms with Crippen molar-refractivity contribution in [3.8, 4) is 11.8 Å². The molecule has 0 amide bonds. The van der Waals surface area contributed by atoms with Crippen LogP contribution in [-0.4, -0.2) is 35.6 Å². The Kier molecular flexibility index (Phi) is 4.92. The molecule has 2 aromatic rings. The Labute approximate surface area is 125 Å². The van der Waals surface area contributed by atoms with E-state index in [9.17, 15) is 0 Å². The van der Waals surface area contributed by atoms with Crippen LogP contribution in [0.2, 0.25) is 0 Å². The third-order valence-corrected chi connectivity index (χ3v) is 2.77. The Balaban J connectivity index is 2.24. The lowest BCUT2D eigenvalue weighted by molar-refractivity contribution is 0.440. The summed E-state index contributed by atoms with van der Waals surface area (Å²) in [5.74, 6) is 1.79. The molecular weight excluding hydrogens is 266 g/mol. The van der Waals surface area contributed by atoms with E-state index in [2.05, 4.69) is 27.2 Å². The van der Waals surface area contributed by atoms with E-state index in [1.54, 1.807) is 0 Å². The summed E-state index contributed by atoms with van der Waals surface area (Å²) in [6.45, 7) is 4.93. The van der Waals surface area contributed by atoms with Gasteiger partial charge in [-0.25, -0.2) is 0 Å². The van der Waals surface area contributed by atoms with Gasteiger partial charge in [-0.2, -0.15) is 15.0 Å². The van der Waals surface area contributed by atoms with Crippen LogP contribution in [0.5, 0.6) is 11.8 Å². The second kappa shape index (κ2) is 6.88. The van der Waals surface area contributed by atoms with Crippen molar-refractivity contribution in [3.05, 3.63) is 29.8 Å². The van der Waals surface area contributed by atoms with Gasteiger partial charge in [0, 0.05) is 20.6 Å². The number of aromatic nitrogens is 3. The Morgan fingerprint density at radius 3 is 2.43 bits per heavy atom. The minimum absolute atomic E-state index is 0.288.